The third-order valence-corrected chi connectivity index (χ3v) is 4.05. The maximum Gasteiger partial charge on any atom is 0.416 e. The minimum Gasteiger partial charge on any atom is -0.508 e. The van der Waals surface area contributed by atoms with Gasteiger partial charge in [0.05, 0.1) is 12.1 Å². The fourth-order valence-corrected chi connectivity index (χ4v) is 2.83. The van der Waals surface area contributed by atoms with Crippen LogP contribution in [-0.4, -0.2) is 29.1 Å². The second kappa shape index (κ2) is 6.76. The first-order valence-corrected chi connectivity index (χ1v) is 7.68. The fourth-order valence-electron chi connectivity index (χ4n) is 2.83. The van der Waals surface area contributed by atoms with Gasteiger partial charge in [0.25, 0.3) is 0 Å². The Morgan fingerprint density at radius 3 is 2.56 bits per heavy atom. The number of phenolic OH excluding ortho intramolecular Hbond substituents is 1. The zero-order valence-electron chi connectivity index (χ0n) is 13.2. The van der Waals surface area contributed by atoms with E-state index >= 15 is 0 Å². The van der Waals surface area contributed by atoms with Gasteiger partial charge in [0.15, 0.2) is 0 Å². The molecule has 0 saturated carbocycles. The van der Waals surface area contributed by atoms with Crippen LogP contribution in [0.15, 0.2) is 48.5 Å². The van der Waals surface area contributed by atoms with E-state index in [9.17, 15) is 23.1 Å². The van der Waals surface area contributed by atoms with Crippen molar-refractivity contribution in [2.75, 3.05) is 13.2 Å². The van der Waals surface area contributed by atoms with Crippen molar-refractivity contribution in [2.24, 2.45) is 0 Å². The molecular formula is C18H16F3NO3. The van der Waals surface area contributed by atoms with Crippen LogP contribution < -0.4 is 0 Å². The van der Waals surface area contributed by atoms with Gasteiger partial charge in [-0.25, -0.2) is 0 Å². The summed E-state index contributed by atoms with van der Waals surface area (Å²) in [7, 11) is 0. The Morgan fingerprint density at radius 1 is 1.16 bits per heavy atom. The van der Waals surface area contributed by atoms with E-state index in [0.29, 0.717) is 12.6 Å². The second-order valence-corrected chi connectivity index (χ2v) is 5.83. The van der Waals surface area contributed by atoms with E-state index in [2.05, 4.69) is 0 Å². The molecule has 25 heavy (non-hydrogen) atoms. The van der Waals surface area contributed by atoms with E-state index in [4.69, 9.17) is 4.74 Å². The monoisotopic (exact) mass is 351 g/mol. The molecule has 1 aliphatic heterocycles. The lowest BCUT2D eigenvalue weighted by molar-refractivity contribution is -0.152. The molecule has 1 N–H and O–H groups in total. The molecule has 1 amide bonds. The number of phenols is 1. The van der Waals surface area contributed by atoms with E-state index in [-0.39, 0.29) is 24.6 Å². The molecule has 0 aliphatic carbocycles. The van der Waals surface area contributed by atoms with Gasteiger partial charge < -0.3 is 14.7 Å². The number of carbonyl (C=O) groups is 1. The number of nitrogens with zero attached hydrogens (tertiary/aromatic N) is 1. The number of hydrogen-bond donors (Lipinski definition) is 1. The maximum absolute atomic E-state index is 13.3. The highest BCUT2D eigenvalue weighted by molar-refractivity contribution is 5.78. The minimum atomic E-state index is -4.62. The molecule has 1 fully saturated rings. The molecule has 1 unspecified atom stereocenters. The zero-order valence-corrected chi connectivity index (χ0v) is 13.2. The van der Waals surface area contributed by atoms with E-state index in [1.54, 1.807) is 0 Å². The smallest absolute Gasteiger partial charge is 0.416 e. The third kappa shape index (κ3) is 3.93. The van der Waals surface area contributed by atoms with Gasteiger partial charge in [0.1, 0.15) is 18.5 Å². The quantitative estimate of drug-likeness (QED) is 0.921. The van der Waals surface area contributed by atoms with Gasteiger partial charge in [-0.3, -0.25) is 4.79 Å². The molecule has 1 aliphatic rings. The first-order chi connectivity index (χ1) is 11.8. The van der Waals surface area contributed by atoms with Crippen molar-refractivity contribution in [1.29, 1.82) is 0 Å². The van der Waals surface area contributed by atoms with E-state index in [1.807, 2.05) is 30.3 Å². The largest absolute Gasteiger partial charge is 0.508 e. The summed E-state index contributed by atoms with van der Waals surface area (Å²) in [4.78, 5) is 13.5. The molecule has 1 saturated heterocycles. The Kier molecular flexibility index (Phi) is 4.67. The van der Waals surface area contributed by atoms with Crippen LogP contribution in [0.2, 0.25) is 0 Å². The van der Waals surface area contributed by atoms with Gasteiger partial charge in [0, 0.05) is 6.54 Å². The van der Waals surface area contributed by atoms with Crippen molar-refractivity contribution >= 4 is 5.91 Å². The van der Waals surface area contributed by atoms with E-state index < -0.39 is 23.6 Å². The van der Waals surface area contributed by atoms with Gasteiger partial charge in [-0.1, -0.05) is 36.4 Å². The van der Waals surface area contributed by atoms with Gasteiger partial charge >= 0.3 is 6.18 Å². The van der Waals surface area contributed by atoms with Crippen molar-refractivity contribution in [1.82, 2.24) is 4.90 Å². The number of morpholine rings is 1. The summed E-state index contributed by atoms with van der Waals surface area (Å²) in [5.74, 6) is -0.739. The normalized spacial score (nSPS) is 18.4. The molecular weight excluding hydrogens is 335 g/mol. The number of benzene rings is 2. The number of halogens is 3. The van der Waals surface area contributed by atoms with Crippen molar-refractivity contribution in [3.8, 4) is 5.75 Å². The summed E-state index contributed by atoms with van der Waals surface area (Å²) in [5, 5.41) is 9.38. The molecule has 1 atom stereocenters. The number of amides is 1. The lowest BCUT2D eigenvalue weighted by atomic mass is 9.99. The molecule has 2 aromatic rings. The second-order valence-electron chi connectivity index (χ2n) is 5.83. The summed E-state index contributed by atoms with van der Waals surface area (Å²) in [6.45, 7) is 0.0379. The summed E-state index contributed by atoms with van der Waals surface area (Å²) < 4.78 is 45.1. The average Bonchev–Trinajstić information content (AvgIpc) is 2.57. The number of ether oxygens (including phenoxy) is 1. The Balaban J connectivity index is 1.85. The first kappa shape index (κ1) is 17.3. The van der Waals surface area contributed by atoms with Crippen molar-refractivity contribution < 1.29 is 27.8 Å². The van der Waals surface area contributed by atoms with Crippen LogP contribution in [-0.2, 0) is 22.3 Å². The zero-order chi connectivity index (χ0) is 18.0. The van der Waals surface area contributed by atoms with Crippen molar-refractivity contribution in [2.45, 2.75) is 18.8 Å². The highest BCUT2D eigenvalue weighted by Gasteiger charge is 2.38. The Morgan fingerprint density at radius 2 is 1.88 bits per heavy atom. The van der Waals surface area contributed by atoms with Gasteiger partial charge in [0.2, 0.25) is 5.91 Å². The van der Waals surface area contributed by atoms with E-state index in [1.165, 1.54) is 17.0 Å². The number of alkyl halides is 3. The SMILES string of the molecule is O=C1COC(c2ccc(O)cc2C(F)(F)F)CN1Cc1ccccc1. The van der Waals surface area contributed by atoms with Crippen LogP contribution in [0.4, 0.5) is 13.2 Å². The minimum absolute atomic E-state index is 0.0155. The molecule has 3 rings (SSSR count). The average molecular weight is 351 g/mol. The van der Waals surface area contributed by atoms with Gasteiger partial charge in [-0.2, -0.15) is 13.2 Å². The third-order valence-electron chi connectivity index (χ3n) is 4.05. The van der Waals surface area contributed by atoms with Gasteiger partial charge in [-0.15, -0.1) is 0 Å². The molecule has 2 aromatic carbocycles. The van der Waals surface area contributed by atoms with Crippen LogP contribution in [0.25, 0.3) is 0 Å². The molecule has 0 radical (unpaired) electrons. The van der Waals surface area contributed by atoms with E-state index in [0.717, 1.165) is 5.56 Å². The molecule has 4 nitrogen and oxygen atoms in total. The predicted molar refractivity (Wildman–Crippen MR) is 83.7 cm³/mol. The van der Waals surface area contributed by atoms with Crippen LogP contribution in [0.5, 0.6) is 5.75 Å². The van der Waals surface area contributed by atoms with Crippen LogP contribution in [0, 0.1) is 0 Å². The van der Waals surface area contributed by atoms with Gasteiger partial charge in [-0.05, 0) is 23.3 Å². The van der Waals surface area contributed by atoms with Crippen LogP contribution >= 0.6 is 0 Å². The molecule has 7 heteroatoms. The molecule has 0 spiro atoms. The molecule has 0 aromatic heterocycles. The number of hydrogen-bond acceptors (Lipinski definition) is 3. The Hall–Kier alpha value is -2.54. The number of aromatic hydroxyl groups is 1. The van der Waals surface area contributed by atoms with Crippen LogP contribution in [0.3, 0.4) is 0 Å². The highest BCUT2D eigenvalue weighted by Crippen LogP contribution is 2.38. The lowest BCUT2D eigenvalue weighted by Gasteiger charge is -2.34. The van der Waals surface area contributed by atoms with Crippen molar-refractivity contribution in [3.63, 3.8) is 0 Å². The number of rotatable bonds is 3. The summed E-state index contributed by atoms with van der Waals surface area (Å²) in [6.07, 6.45) is -5.53. The maximum atomic E-state index is 13.3. The lowest BCUT2D eigenvalue weighted by Crippen LogP contribution is -2.43. The number of carbonyl (C=O) groups excluding carboxylic acids is 1. The summed E-state index contributed by atoms with van der Waals surface area (Å²) in [6, 6.07) is 12.3. The first-order valence-electron chi connectivity index (χ1n) is 7.68. The Labute approximate surface area is 142 Å². The van der Waals surface area contributed by atoms with Crippen molar-refractivity contribution in [3.05, 3.63) is 65.2 Å². The van der Waals surface area contributed by atoms with Crippen LogP contribution in [0.1, 0.15) is 22.8 Å². The summed E-state index contributed by atoms with van der Waals surface area (Å²) in [5.41, 5.74) is -0.152. The summed E-state index contributed by atoms with van der Waals surface area (Å²) >= 11 is 0. The fraction of sp³-hybridized carbons (Fsp3) is 0.278. The topological polar surface area (TPSA) is 49.8 Å². The molecule has 1 heterocycles. The standard InChI is InChI=1S/C18H16F3NO3/c19-18(20,21)15-8-13(23)6-7-14(15)16-10-22(17(24)11-25-16)9-12-4-2-1-3-5-12/h1-8,16,23H,9-11H2. The molecule has 0 bridgehead atoms. The Bertz CT molecular complexity index is 762. The highest BCUT2D eigenvalue weighted by atomic mass is 19.4. The predicted octanol–water partition coefficient (Wildman–Crippen LogP) is 3.51. The molecule has 132 valence electrons.